The molecule has 0 unspecified atom stereocenters. The van der Waals surface area contributed by atoms with E-state index < -0.39 is 0 Å². The Hall–Kier alpha value is -0.440. The highest BCUT2D eigenvalue weighted by Crippen LogP contribution is 1.88. The fraction of sp³-hybridized carbons (Fsp3) is 0.571. The molecule has 0 aliphatic carbocycles. The van der Waals surface area contributed by atoms with E-state index in [4.69, 9.17) is 0 Å². The fourth-order valence-corrected chi connectivity index (χ4v) is 0.744. The van der Waals surface area contributed by atoms with E-state index >= 15 is 0 Å². The predicted molar refractivity (Wildman–Crippen MR) is 46.3 cm³/mol. The van der Waals surface area contributed by atoms with Crippen molar-refractivity contribution in [1.29, 1.82) is 0 Å². The molecule has 1 amide bonds. The molecule has 1 N–H and O–H groups in total. The minimum absolute atomic E-state index is 0.0980. The third-order valence-corrected chi connectivity index (χ3v) is 1.39. The minimum atomic E-state index is -0.0980. The number of carbonyl (C=O) groups is 1. The van der Waals surface area contributed by atoms with E-state index in [9.17, 15) is 4.79 Å². The number of rotatable bonds is 5. The topological polar surface area (TPSA) is 29.1 Å². The van der Waals surface area contributed by atoms with Gasteiger partial charge >= 0.3 is 0 Å². The lowest BCUT2D eigenvalue weighted by Crippen LogP contribution is -2.21. The van der Waals surface area contributed by atoms with Crippen molar-refractivity contribution < 1.29 is 4.79 Å². The Balaban J connectivity index is 3.03. The second-order valence-corrected chi connectivity index (χ2v) is 2.37. The monoisotopic (exact) mass is 159 g/mol. The largest absolute Gasteiger partial charge is 0.353 e. The van der Waals surface area contributed by atoms with Crippen LogP contribution in [0.1, 0.15) is 12.8 Å². The van der Waals surface area contributed by atoms with Crippen molar-refractivity contribution >= 4 is 18.5 Å². The van der Waals surface area contributed by atoms with E-state index in [1.807, 2.05) is 0 Å². The summed E-state index contributed by atoms with van der Waals surface area (Å²) in [5.74, 6) is 0.781. The molecule has 0 aromatic carbocycles. The third-order valence-electron chi connectivity index (χ3n) is 1.07. The molecule has 0 spiro atoms. The molecule has 0 saturated heterocycles. The minimum Gasteiger partial charge on any atom is -0.353 e. The first-order valence-corrected chi connectivity index (χ1v) is 3.95. The molecule has 0 fully saturated rings. The number of thiol groups is 1. The Morgan fingerprint density at radius 3 is 2.80 bits per heavy atom. The molecule has 0 heterocycles. The maximum Gasteiger partial charge on any atom is 0.243 e. The number of nitrogens with one attached hydrogen (secondary N) is 1. The Bertz CT molecular complexity index is 114. The average Bonchev–Trinajstić information content (AvgIpc) is 1.98. The molecular weight excluding hydrogens is 146 g/mol. The van der Waals surface area contributed by atoms with Gasteiger partial charge in [0, 0.05) is 6.54 Å². The normalized spacial score (nSPS) is 8.90. The van der Waals surface area contributed by atoms with Crippen LogP contribution in [0, 0.1) is 0 Å². The second kappa shape index (κ2) is 6.68. The first-order valence-electron chi connectivity index (χ1n) is 3.32. The van der Waals surface area contributed by atoms with Crippen molar-refractivity contribution in [2.75, 3.05) is 12.3 Å². The van der Waals surface area contributed by atoms with Crippen molar-refractivity contribution in [3.8, 4) is 0 Å². The van der Waals surface area contributed by atoms with Gasteiger partial charge in [0.1, 0.15) is 0 Å². The second-order valence-electron chi connectivity index (χ2n) is 1.93. The lowest BCUT2D eigenvalue weighted by Gasteiger charge is -1.98. The number of carbonyl (C=O) groups excluding carboxylic acids is 1. The van der Waals surface area contributed by atoms with E-state index in [-0.39, 0.29) is 5.91 Å². The highest BCUT2D eigenvalue weighted by Gasteiger charge is 1.90. The number of unbranched alkanes of at least 4 members (excludes halogenated alkanes) is 1. The summed E-state index contributed by atoms with van der Waals surface area (Å²) < 4.78 is 0. The van der Waals surface area contributed by atoms with Gasteiger partial charge in [0.05, 0.1) is 0 Å². The highest BCUT2D eigenvalue weighted by molar-refractivity contribution is 7.80. The van der Waals surface area contributed by atoms with E-state index in [1.54, 1.807) is 0 Å². The molecule has 0 bridgehead atoms. The zero-order valence-corrected chi connectivity index (χ0v) is 6.86. The van der Waals surface area contributed by atoms with Crippen LogP contribution in [0.5, 0.6) is 0 Å². The van der Waals surface area contributed by atoms with Gasteiger partial charge in [-0.15, -0.1) is 0 Å². The fourth-order valence-electron chi connectivity index (χ4n) is 0.521. The Morgan fingerprint density at radius 1 is 1.60 bits per heavy atom. The van der Waals surface area contributed by atoms with Crippen LogP contribution in [0.3, 0.4) is 0 Å². The smallest absolute Gasteiger partial charge is 0.243 e. The summed E-state index contributed by atoms with van der Waals surface area (Å²) in [7, 11) is 0. The van der Waals surface area contributed by atoms with E-state index in [2.05, 4.69) is 24.5 Å². The van der Waals surface area contributed by atoms with Crippen molar-refractivity contribution in [2.45, 2.75) is 12.8 Å². The molecule has 3 heteroatoms. The van der Waals surface area contributed by atoms with E-state index in [0.29, 0.717) is 0 Å². The van der Waals surface area contributed by atoms with Gasteiger partial charge in [-0.1, -0.05) is 6.58 Å². The summed E-state index contributed by atoms with van der Waals surface area (Å²) in [6, 6.07) is 0. The highest BCUT2D eigenvalue weighted by atomic mass is 32.1. The lowest BCUT2D eigenvalue weighted by molar-refractivity contribution is -0.116. The molecule has 0 aromatic heterocycles. The third kappa shape index (κ3) is 5.69. The van der Waals surface area contributed by atoms with Crippen molar-refractivity contribution in [3.63, 3.8) is 0 Å². The molecule has 0 rings (SSSR count). The molecule has 2 nitrogen and oxygen atoms in total. The van der Waals surface area contributed by atoms with Gasteiger partial charge in [-0.3, -0.25) is 4.79 Å². The van der Waals surface area contributed by atoms with Crippen LogP contribution in [0.4, 0.5) is 0 Å². The van der Waals surface area contributed by atoms with Crippen LogP contribution >= 0.6 is 12.6 Å². The Kier molecular flexibility index (Phi) is 6.38. The standard InChI is InChI=1S/C7H13NOS/c1-2-7(9)8-5-3-4-6-10/h2,10H,1,3-6H2,(H,8,9). The molecular formula is C7H13NOS. The molecule has 0 atom stereocenters. The maximum absolute atomic E-state index is 10.5. The van der Waals surface area contributed by atoms with Crippen LogP contribution < -0.4 is 5.32 Å². The number of amides is 1. The van der Waals surface area contributed by atoms with Gasteiger partial charge in [-0.2, -0.15) is 12.6 Å². The number of hydrogen-bond donors (Lipinski definition) is 2. The van der Waals surface area contributed by atoms with E-state index in [1.165, 1.54) is 6.08 Å². The average molecular weight is 159 g/mol. The molecule has 58 valence electrons. The molecule has 0 aromatic rings. The zero-order chi connectivity index (χ0) is 7.82. The van der Waals surface area contributed by atoms with Gasteiger partial charge in [-0.25, -0.2) is 0 Å². The number of hydrogen-bond acceptors (Lipinski definition) is 2. The van der Waals surface area contributed by atoms with Crippen molar-refractivity contribution in [3.05, 3.63) is 12.7 Å². The van der Waals surface area contributed by atoms with Crippen molar-refractivity contribution in [2.24, 2.45) is 0 Å². The summed E-state index contributed by atoms with van der Waals surface area (Å²) in [5, 5.41) is 2.68. The summed E-state index contributed by atoms with van der Waals surface area (Å²) in [5.41, 5.74) is 0. The van der Waals surface area contributed by atoms with Crippen LogP contribution in [0.25, 0.3) is 0 Å². The summed E-state index contributed by atoms with van der Waals surface area (Å²) in [6.07, 6.45) is 3.31. The van der Waals surface area contributed by atoms with Gasteiger partial charge in [0.25, 0.3) is 0 Å². The molecule has 0 saturated carbocycles. The van der Waals surface area contributed by atoms with Gasteiger partial charge in [0.15, 0.2) is 0 Å². The van der Waals surface area contributed by atoms with Gasteiger partial charge in [-0.05, 0) is 24.7 Å². The molecule has 0 aliphatic rings. The van der Waals surface area contributed by atoms with Crippen LogP contribution in [-0.4, -0.2) is 18.2 Å². The Labute approximate surface area is 67.1 Å². The molecule has 10 heavy (non-hydrogen) atoms. The van der Waals surface area contributed by atoms with Crippen LogP contribution in [-0.2, 0) is 4.79 Å². The Morgan fingerprint density at radius 2 is 2.30 bits per heavy atom. The van der Waals surface area contributed by atoms with Crippen LogP contribution in [0.2, 0.25) is 0 Å². The summed E-state index contributed by atoms with van der Waals surface area (Å²) >= 11 is 4.04. The lowest BCUT2D eigenvalue weighted by atomic mass is 10.3. The summed E-state index contributed by atoms with van der Waals surface area (Å²) in [6.45, 7) is 4.06. The van der Waals surface area contributed by atoms with Gasteiger partial charge in [0.2, 0.25) is 5.91 Å². The van der Waals surface area contributed by atoms with Crippen molar-refractivity contribution in [1.82, 2.24) is 5.32 Å². The maximum atomic E-state index is 10.5. The first-order chi connectivity index (χ1) is 4.81. The zero-order valence-electron chi connectivity index (χ0n) is 5.97. The molecule has 0 radical (unpaired) electrons. The first kappa shape index (κ1) is 9.56. The molecule has 0 aliphatic heterocycles. The summed E-state index contributed by atoms with van der Waals surface area (Å²) in [4.78, 5) is 10.5. The van der Waals surface area contributed by atoms with Gasteiger partial charge < -0.3 is 5.32 Å². The van der Waals surface area contributed by atoms with E-state index in [0.717, 1.165) is 25.1 Å². The quantitative estimate of drug-likeness (QED) is 0.350. The SMILES string of the molecule is C=CC(=O)NCCCCS. The van der Waals surface area contributed by atoms with Crippen LogP contribution in [0.15, 0.2) is 12.7 Å². The predicted octanol–water partition coefficient (Wildman–Crippen LogP) is 0.999.